The molecule has 1 heterocycles. The fraction of sp³-hybridized carbons (Fsp3) is 0.435. The highest BCUT2D eigenvalue weighted by Gasteiger charge is 2.45. The molecule has 0 amide bonds. The zero-order valence-electron chi connectivity index (χ0n) is 18.0. The number of hydrogen-bond acceptors (Lipinski definition) is 4. The van der Waals surface area contributed by atoms with E-state index in [2.05, 4.69) is 0 Å². The standard InChI is InChI=1S/C23H26F3NO4S/c1-3-31-21(28)22(16-18-5-4-6-19(15-18)23(24,25)26)11-13-27(14-12-22)32(29,30)20-9-7-17(2)8-10-20/h4-10,15H,3,11-14,16H2,1-2H3. The SMILES string of the molecule is CCOC(=O)C1(Cc2cccc(C(F)(F)F)c2)CCN(S(=O)(=O)c2ccc(C)cc2)CC1. The molecule has 0 bridgehead atoms. The summed E-state index contributed by atoms with van der Waals surface area (Å²) in [6, 6.07) is 11.4. The summed E-state index contributed by atoms with van der Waals surface area (Å²) in [6.07, 6.45) is -4.12. The van der Waals surface area contributed by atoms with Crippen LogP contribution in [-0.4, -0.2) is 38.4 Å². The van der Waals surface area contributed by atoms with Crippen LogP contribution in [0.1, 0.15) is 36.5 Å². The van der Waals surface area contributed by atoms with Crippen molar-refractivity contribution in [2.75, 3.05) is 19.7 Å². The number of rotatable bonds is 6. The Morgan fingerprint density at radius 1 is 1.09 bits per heavy atom. The average molecular weight is 470 g/mol. The predicted molar refractivity (Wildman–Crippen MR) is 113 cm³/mol. The molecule has 174 valence electrons. The lowest BCUT2D eigenvalue weighted by molar-refractivity contribution is -0.158. The first-order chi connectivity index (χ1) is 15.0. The van der Waals surface area contributed by atoms with Crippen molar-refractivity contribution >= 4 is 16.0 Å². The maximum atomic E-state index is 13.1. The van der Waals surface area contributed by atoms with E-state index in [4.69, 9.17) is 4.74 Å². The first kappa shape index (κ1) is 24.3. The van der Waals surface area contributed by atoms with Crippen molar-refractivity contribution in [3.05, 3.63) is 65.2 Å². The molecule has 0 unspecified atom stereocenters. The number of benzene rings is 2. The number of sulfonamides is 1. The molecule has 5 nitrogen and oxygen atoms in total. The van der Waals surface area contributed by atoms with Crippen molar-refractivity contribution in [2.24, 2.45) is 5.41 Å². The summed E-state index contributed by atoms with van der Waals surface area (Å²) in [5.74, 6) is -0.509. The largest absolute Gasteiger partial charge is 0.466 e. The van der Waals surface area contributed by atoms with Gasteiger partial charge in [-0.3, -0.25) is 4.79 Å². The Hall–Kier alpha value is -2.39. The van der Waals surface area contributed by atoms with Crippen LogP contribution in [0.15, 0.2) is 53.4 Å². The maximum Gasteiger partial charge on any atom is 0.416 e. The summed E-state index contributed by atoms with van der Waals surface area (Å²) in [4.78, 5) is 13.0. The van der Waals surface area contributed by atoms with E-state index in [1.165, 1.54) is 10.4 Å². The van der Waals surface area contributed by atoms with Gasteiger partial charge in [0, 0.05) is 13.1 Å². The summed E-state index contributed by atoms with van der Waals surface area (Å²) in [7, 11) is -3.73. The highest BCUT2D eigenvalue weighted by Crippen LogP contribution is 2.39. The number of alkyl halides is 3. The van der Waals surface area contributed by atoms with Crippen LogP contribution in [0, 0.1) is 12.3 Å². The molecule has 1 aliphatic heterocycles. The molecule has 1 saturated heterocycles. The molecule has 32 heavy (non-hydrogen) atoms. The lowest BCUT2D eigenvalue weighted by Gasteiger charge is -2.39. The quantitative estimate of drug-likeness (QED) is 0.581. The molecule has 0 aliphatic carbocycles. The van der Waals surface area contributed by atoms with Crippen molar-refractivity contribution in [1.82, 2.24) is 4.31 Å². The van der Waals surface area contributed by atoms with Crippen molar-refractivity contribution in [2.45, 2.75) is 44.2 Å². The van der Waals surface area contributed by atoms with Gasteiger partial charge in [-0.05, 0) is 56.9 Å². The highest BCUT2D eigenvalue weighted by atomic mass is 32.2. The van der Waals surface area contributed by atoms with Gasteiger partial charge in [-0.15, -0.1) is 0 Å². The molecule has 0 aromatic heterocycles. The fourth-order valence-electron chi connectivity index (χ4n) is 4.00. The van der Waals surface area contributed by atoms with E-state index in [1.54, 1.807) is 37.3 Å². The minimum Gasteiger partial charge on any atom is -0.466 e. The number of aryl methyl sites for hydroxylation is 1. The number of carbonyl (C=O) groups excluding carboxylic acids is 1. The monoisotopic (exact) mass is 469 g/mol. The van der Waals surface area contributed by atoms with Gasteiger partial charge in [0.2, 0.25) is 10.0 Å². The van der Waals surface area contributed by atoms with E-state index in [9.17, 15) is 26.4 Å². The number of halogens is 3. The van der Waals surface area contributed by atoms with Gasteiger partial charge in [-0.2, -0.15) is 17.5 Å². The lowest BCUT2D eigenvalue weighted by atomic mass is 9.74. The van der Waals surface area contributed by atoms with E-state index >= 15 is 0 Å². The van der Waals surface area contributed by atoms with Crippen LogP contribution < -0.4 is 0 Å². The molecule has 1 fully saturated rings. The van der Waals surface area contributed by atoms with Gasteiger partial charge in [0.25, 0.3) is 0 Å². The smallest absolute Gasteiger partial charge is 0.416 e. The van der Waals surface area contributed by atoms with Crippen LogP contribution in [0.25, 0.3) is 0 Å². The topological polar surface area (TPSA) is 63.7 Å². The second-order valence-corrected chi connectivity index (χ2v) is 10.0. The third-order valence-electron chi connectivity index (χ3n) is 5.84. The minimum atomic E-state index is -4.49. The Morgan fingerprint density at radius 3 is 2.28 bits per heavy atom. The minimum absolute atomic E-state index is 0.0498. The number of esters is 1. The molecular formula is C23H26F3NO4S. The highest BCUT2D eigenvalue weighted by molar-refractivity contribution is 7.89. The fourth-order valence-corrected chi connectivity index (χ4v) is 5.44. The average Bonchev–Trinajstić information content (AvgIpc) is 2.74. The van der Waals surface area contributed by atoms with E-state index in [0.29, 0.717) is 5.56 Å². The van der Waals surface area contributed by atoms with Gasteiger partial charge in [-0.25, -0.2) is 8.42 Å². The normalized spacial score (nSPS) is 17.2. The molecule has 2 aromatic rings. The first-order valence-electron chi connectivity index (χ1n) is 10.4. The zero-order valence-corrected chi connectivity index (χ0v) is 18.8. The lowest BCUT2D eigenvalue weighted by Crippen LogP contribution is -2.48. The van der Waals surface area contributed by atoms with Crippen LogP contribution in [0.4, 0.5) is 13.2 Å². The van der Waals surface area contributed by atoms with Crippen LogP contribution in [0.2, 0.25) is 0 Å². The molecule has 3 rings (SSSR count). The second-order valence-electron chi connectivity index (χ2n) is 8.09. The van der Waals surface area contributed by atoms with Crippen molar-refractivity contribution in [3.8, 4) is 0 Å². The molecule has 2 aromatic carbocycles. The van der Waals surface area contributed by atoms with Gasteiger partial charge >= 0.3 is 12.1 Å². The van der Waals surface area contributed by atoms with E-state index in [-0.39, 0.29) is 43.9 Å². The predicted octanol–water partition coefficient (Wildman–Crippen LogP) is 4.59. The molecule has 0 atom stereocenters. The van der Waals surface area contributed by atoms with Gasteiger partial charge < -0.3 is 4.74 Å². The first-order valence-corrected chi connectivity index (χ1v) is 11.8. The molecule has 0 saturated carbocycles. The number of carbonyl (C=O) groups is 1. The summed E-state index contributed by atoms with van der Waals surface area (Å²) < 4.78 is 71.9. The number of piperidine rings is 1. The Morgan fingerprint density at radius 2 is 1.72 bits per heavy atom. The van der Waals surface area contributed by atoms with Gasteiger partial charge in [0.15, 0.2) is 0 Å². The third kappa shape index (κ3) is 5.15. The van der Waals surface area contributed by atoms with Gasteiger partial charge in [0.1, 0.15) is 0 Å². The summed E-state index contributed by atoms with van der Waals surface area (Å²) >= 11 is 0. The van der Waals surface area contributed by atoms with Crippen molar-refractivity contribution < 1.29 is 31.1 Å². The van der Waals surface area contributed by atoms with Crippen LogP contribution in [-0.2, 0) is 32.2 Å². The number of ether oxygens (including phenoxy) is 1. The van der Waals surface area contributed by atoms with E-state index < -0.39 is 33.1 Å². The second kappa shape index (κ2) is 9.23. The van der Waals surface area contributed by atoms with E-state index in [0.717, 1.165) is 17.7 Å². The van der Waals surface area contributed by atoms with E-state index in [1.807, 2.05) is 6.92 Å². The molecular weight excluding hydrogens is 443 g/mol. The molecule has 0 spiro atoms. The summed E-state index contributed by atoms with van der Waals surface area (Å²) in [6.45, 7) is 3.81. The van der Waals surface area contributed by atoms with Crippen molar-refractivity contribution in [3.63, 3.8) is 0 Å². The van der Waals surface area contributed by atoms with Gasteiger partial charge in [-0.1, -0.05) is 35.9 Å². The van der Waals surface area contributed by atoms with Crippen LogP contribution in [0.3, 0.4) is 0 Å². The van der Waals surface area contributed by atoms with Gasteiger partial charge in [0.05, 0.1) is 22.5 Å². The third-order valence-corrected chi connectivity index (χ3v) is 7.76. The molecule has 9 heteroatoms. The zero-order chi connectivity index (χ0) is 23.6. The van der Waals surface area contributed by atoms with Crippen LogP contribution >= 0.6 is 0 Å². The number of hydrogen-bond donors (Lipinski definition) is 0. The molecule has 1 aliphatic rings. The Kier molecular flexibility index (Phi) is 7.00. The Balaban J connectivity index is 1.84. The summed E-state index contributed by atoms with van der Waals surface area (Å²) in [5.41, 5.74) is -0.569. The Labute approximate surface area is 186 Å². The maximum absolute atomic E-state index is 13.1. The molecule has 0 N–H and O–H groups in total. The van der Waals surface area contributed by atoms with Crippen LogP contribution in [0.5, 0.6) is 0 Å². The molecule has 0 radical (unpaired) electrons. The Bertz CT molecular complexity index is 1060. The van der Waals surface area contributed by atoms with Crippen molar-refractivity contribution in [1.29, 1.82) is 0 Å². The number of nitrogens with zero attached hydrogens (tertiary/aromatic N) is 1. The summed E-state index contributed by atoms with van der Waals surface area (Å²) in [5, 5.41) is 0.